The van der Waals surface area contributed by atoms with Gasteiger partial charge in [-0.05, 0) is 65.7 Å². The lowest BCUT2D eigenvalue weighted by molar-refractivity contribution is 0.234. The Morgan fingerprint density at radius 2 is 2.14 bits per heavy atom. The van der Waals surface area contributed by atoms with E-state index in [9.17, 15) is 0 Å². The maximum Gasteiger partial charge on any atom is 0.0311 e. The van der Waals surface area contributed by atoms with Crippen molar-refractivity contribution in [2.45, 2.75) is 56.9 Å². The minimum atomic E-state index is 0.657. The summed E-state index contributed by atoms with van der Waals surface area (Å²) >= 11 is 5.65. The van der Waals surface area contributed by atoms with Gasteiger partial charge in [-0.1, -0.05) is 38.8 Å². The van der Waals surface area contributed by atoms with E-state index in [-0.39, 0.29) is 0 Å². The molecule has 0 saturated heterocycles. The van der Waals surface area contributed by atoms with Crippen LogP contribution in [0.3, 0.4) is 0 Å². The van der Waals surface area contributed by atoms with Gasteiger partial charge in [-0.25, -0.2) is 0 Å². The van der Waals surface area contributed by atoms with Crippen LogP contribution in [0.25, 0.3) is 0 Å². The van der Waals surface area contributed by atoms with Crippen LogP contribution in [0.1, 0.15) is 46.0 Å². The summed E-state index contributed by atoms with van der Waals surface area (Å²) < 4.78 is 1.22. The van der Waals surface area contributed by atoms with Crippen LogP contribution in [0.15, 0.2) is 33.6 Å². The lowest BCUT2D eigenvalue weighted by Gasteiger charge is -2.34. The van der Waals surface area contributed by atoms with Gasteiger partial charge in [-0.2, -0.15) is 0 Å². The summed E-state index contributed by atoms with van der Waals surface area (Å²) in [7, 11) is 0. The predicted molar refractivity (Wildman–Crippen MR) is 98.1 cm³/mol. The number of rotatable bonds is 7. The van der Waals surface area contributed by atoms with Crippen molar-refractivity contribution in [3.63, 3.8) is 0 Å². The molecule has 118 valence electrons. The van der Waals surface area contributed by atoms with Gasteiger partial charge in [0.25, 0.3) is 0 Å². The zero-order valence-electron chi connectivity index (χ0n) is 13.3. The minimum Gasteiger partial charge on any atom is -0.313 e. The van der Waals surface area contributed by atoms with Crippen LogP contribution >= 0.6 is 27.7 Å². The van der Waals surface area contributed by atoms with Crippen LogP contribution in [0, 0.1) is 11.8 Å². The summed E-state index contributed by atoms with van der Waals surface area (Å²) in [5.41, 5.74) is 0. The van der Waals surface area contributed by atoms with Crippen molar-refractivity contribution < 1.29 is 0 Å². The molecular formula is C18H28BrNS. The van der Waals surface area contributed by atoms with Crippen molar-refractivity contribution in [2.24, 2.45) is 11.8 Å². The molecule has 1 saturated carbocycles. The van der Waals surface area contributed by atoms with Crippen molar-refractivity contribution in [2.75, 3.05) is 12.3 Å². The van der Waals surface area contributed by atoms with E-state index in [0.717, 1.165) is 18.4 Å². The molecule has 21 heavy (non-hydrogen) atoms. The molecule has 3 unspecified atom stereocenters. The van der Waals surface area contributed by atoms with Crippen LogP contribution < -0.4 is 5.32 Å². The van der Waals surface area contributed by atoms with Crippen molar-refractivity contribution in [3.05, 3.63) is 28.7 Å². The van der Waals surface area contributed by atoms with E-state index in [1.54, 1.807) is 0 Å². The molecular weight excluding hydrogens is 342 g/mol. The van der Waals surface area contributed by atoms with E-state index in [2.05, 4.69) is 59.4 Å². The maximum absolute atomic E-state index is 3.81. The molecule has 0 aliphatic heterocycles. The quantitative estimate of drug-likeness (QED) is 0.615. The highest BCUT2D eigenvalue weighted by Crippen LogP contribution is 2.34. The fourth-order valence-electron chi connectivity index (χ4n) is 3.28. The van der Waals surface area contributed by atoms with Crippen LogP contribution in [0.2, 0.25) is 0 Å². The highest BCUT2D eigenvalue weighted by atomic mass is 79.9. The Balaban J connectivity index is 1.94. The molecule has 1 fully saturated rings. The summed E-state index contributed by atoms with van der Waals surface area (Å²) in [6.45, 7) is 5.82. The van der Waals surface area contributed by atoms with Crippen molar-refractivity contribution >= 4 is 27.7 Å². The van der Waals surface area contributed by atoms with Crippen LogP contribution in [-0.2, 0) is 0 Å². The highest BCUT2D eigenvalue weighted by Gasteiger charge is 2.26. The standard InChI is InChI=1S/C18H28BrNS/c1-3-11-20-17(15-8-6-7-14(2)12-15)13-21-18-10-5-4-9-16(18)19/h4-5,9-10,14-15,17,20H,3,6-8,11-13H2,1-2H3. The molecule has 1 nitrogen and oxygen atoms in total. The number of halogens is 1. The average Bonchev–Trinajstić information content (AvgIpc) is 2.49. The largest absolute Gasteiger partial charge is 0.313 e. The number of hydrogen-bond donors (Lipinski definition) is 1. The second-order valence-electron chi connectivity index (χ2n) is 6.33. The van der Waals surface area contributed by atoms with E-state index in [4.69, 9.17) is 0 Å². The summed E-state index contributed by atoms with van der Waals surface area (Å²) in [5.74, 6) is 2.94. The Hall–Kier alpha value is 0.01000. The number of thioether (sulfide) groups is 1. The fraction of sp³-hybridized carbons (Fsp3) is 0.667. The Morgan fingerprint density at radius 3 is 2.86 bits per heavy atom. The summed E-state index contributed by atoms with van der Waals surface area (Å²) in [6, 6.07) is 9.23. The third-order valence-corrected chi connectivity index (χ3v) is 6.60. The topological polar surface area (TPSA) is 12.0 Å². The van der Waals surface area contributed by atoms with Gasteiger partial charge < -0.3 is 5.32 Å². The molecule has 1 N–H and O–H groups in total. The Kier molecular flexibility index (Phi) is 7.62. The normalized spacial score (nSPS) is 24.0. The molecule has 1 aromatic rings. The second-order valence-corrected chi connectivity index (χ2v) is 8.25. The SMILES string of the molecule is CCCNC(CSc1ccccc1Br)C1CCCC(C)C1. The third-order valence-electron chi connectivity index (χ3n) is 4.46. The van der Waals surface area contributed by atoms with Crippen molar-refractivity contribution in [3.8, 4) is 0 Å². The van der Waals surface area contributed by atoms with E-state index >= 15 is 0 Å². The Bertz CT molecular complexity index is 423. The van der Waals surface area contributed by atoms with E-state index in [1.165, 1.54) is 47.2 Å². The van der Waals surface area contributed by atoms with Gasteiger partial charge in [-0.15, -0.1) is 11.8 Å². The molecule has 0 radical (unpaired) electrons. The van der Waals surface area contributed by atoms with Crippen LogP contribution in [0.4, 0.5) is 0 Å². The summed E-state index contributed by atoms with van der Waals surface area (Å²) in [6.07, 6.45) is 6.86. The first-order valence-electron chi connectivity index (χ1n) is 8.31. The van der Waals surface area contributed by atoms with Gasteiger partial charge in [0.1, 0.15) is 0 Å². The molecule has 2 rings (SSSR count). The first-order valence-corrected chi connectivity index (χ1v) is 10.1. The van der Waals surface area contributed by atoms with Gasteiger partial charge >= 0.3 is 0 Å². The Morgan fingerprint density at radius 1 is 1.33 bits per heavy atom. The number of nitrogens with one attached hydrogen (secondary N) is 1. The van der Waals surface area contributed by atoms with Crippen molar-refractivity contribution in [1.82, 2.24) is 5.32 Å². The van der Waals surface area contributed by atoms with Gasteiger partial charge in [-0.3, -0.25) is 0 Å². The smallest absolute Gasteiger partial charge is 0.0311 e. The van der Waals surface area contributed by atoms with Gasteiger partial charge in [0.05, 0.1) is 0 Å². The summed E-state index contributed by atoms with van der Waals surface area (Å²) in [4.78, 5) is 1.37. The minimum absolute atomic E-state index is 0.657. The molecule has 0 bridgehead atoms. The molecule has 0 heterocycles. The zero-order chi connectivity index (χ0) is 15.1. The molecule has 0 spiro atoms. The first kappa shape index (κ1) is 17.4. The van der Waals surface area contributed by atoms with Crippen LogP contribution in [0.5, 0.6) is 0 Å². The predicted octanol–water partition coefficient (Wildman–Crippen LogP) is 5.74. The molecule has 1 aliphatic carbocycles. The van der Waals surface area contributed by atoms with Crippen molar-refractivity contribution in [1.29, 1.82) is 0 Å². The van der Waals surface area contributed by atoms with E-state index in [1.807, 2.05) is 11.8 Å². The Labute approximate surface area is 142 Å². The molecule has 0 amide bonds. The number of benzene rings is 1. The second kappa shape index (κ2) is 9.22. The average molecular weight is 370 g/mol. The molecule has 3 heteroatoms. The van der Waals surface area contributed by atoms with E-state index < -0.39 is 0 Å². The molecule has 1 aliphatic rings. The molecule has 1 aromatic carbocycles. The van der Waals surface area contributed by atoms with Crippen LogP contribution in [-0.4, -0.2) is 18.3 Å². The molecule has 0 aromatic heterocycles. The first-order chi connectivity index (χ1) is 10.2. The zero-order valence-corrected chi connectivity index (χ0v) is 15.7. The maximum atomic E-state index is 3.81. The monoisotopic (exact) mass is 369 g/mol. The van der Waals surface area contributed by atoms with E-state index in [0.29, 0.717) is 6.04 Å². The highest BCUT2D eigenvalue weighted by molar-refractivity contribution is 9.10. The molecule has 3 atom stereocenters. The van der Waals surface area contributed by atoms with Gasteiger partial charge in [0.2, 0.25) is 0 Å². The lowest BCUT2D eigenvalue weighted by Crippen LogP contribution is -2.40. The fourth-order valence-corrected chi connectivity index (χ4v) is 5.04. The summed E-state index contributed by atoms with van der Waals surface area (Å²) in [5, 5.41) is 3.81. The third kappa shape index (κ3) is 5.61. The number of hydrogen-bond acceptors (Lipinski definition) is 2. The lowest BCUT2D eigenvalue weighted by atomic mass is 9.79. The van der Waals surface area contributed by atoms with Gasteiger partial charge in [0.15, 0.2) is 0 Å². The van der Waals surface area contributed by atoms with Gasteiger partial charge in [0, 0.05) is 21.2 Å².